The molecule has 8 heteroatoms. The Morgan fingerprint density at radius 2 is 2.30 bits per heavy atom. The van der Waals surface area contributed by atoms with E-state index in [0.717, 1.165) is 11.8 Å². The van der Waals surface area contributed by atoms with Gasteiger partial charge >= 0.3 is 5.76 Å². The van der Waals surface area contributed by atoms with Crippen molar-refractivity contribution in [1.82, 2.24) is 9.97 Å². The number of oxazole rings is 1. The van der Waals surface area contributed by atoms with Gasteiger partial charge in [0.2, 0.25) is 0 Å². The van der Waals surface area contributed by atoms with Gasteiger partial charge in [-0.3, -0.25) is 9.78 Å². The zero-order valence-electron chi connectivity index (χ0n) is 10.7. The summed E-state index contributed by atoms with van der Waals surface area (Å²) in [6.45, 7) is 1.44. The molecule has 0 saturated carbocycles. The van der Waals surface area contributed by atoms with Crippen LogP contribution in [0.4, 0.5) is 0 Å². The van der Waals surface area contributed by atoms with E-state index < -0.39 is 18.0 Å². The molecule has 2 aromatic heterocycles. The topological polar surface area (TPSA) is 116 Å². The number of thioether (sulfide) groups is 1. The third kappa shape index (κ3) is 3.47. The van der Waals surface area contributed by atoms with Crippen LogP contribution < -0.4 is 5.76 Å². The fourth-order valence-corrected chi connectivity index (χ4v) is 2.37. The molecule has 2 aromatic rings. The van der Waals surface area contributed by atoms with Crippen LogP contribution in [0.3, 0.4) is 0 Å². The van der Waals surface area contributed by atoms with Crippen LogP contribution in [0.15, 0.2) is 21.5 Å². The number of nitrogens with zero attached hydrogens (tertiary/aromatic N) is 1. The highest BCUT2D eigenvalue weighted by molar-refractivity contribution is 8.13. The Morgan fingerprint density at radius 1 is 1.55 bits per heavy atom. The number of H-pyrrole nitrogens is 1. The SMILES string of the molecule is CC(=O)SCCC(O)C(O)c1cnc2[nH]c(=O)oc2c1. The Balaban J connectivity index is 2.07. The van der Waals surface area contributed by atoms with Gasteiger partial charge in [0.1, 0.15) is 6.10 Å². The van der Waals surface area contributed by atoms with Crippen molar-refractivity contribution in [2.45, 2.75) is 25.6 Å². The van der Waals surface area contributed by atoms with Gasteiger partial charge in [-0.15, -0.1) is 0 Å². The first kappa shape index (κ1) is 14.8. The predicted molar refractivity (Wildman–Crippen MR) is 73.4 cm³/mol. The van der Waals surface area contributed by atoms with Crippen molar-refractivity contribution in [3.63, 3.8) is 0 Å². The lowest BCUT2D eigenvalue weighted by molar-refractivity contribution is -0.109. The first-order chi connectivity index (χ1) is 9.47. The summed E-state index contributed by atoms with van der Waals surface area (Å²) >= 11 is 1.09. The molecule has 0 bridgehead atoms. The molecule has 0 saturated heterocycles. The molecular formula is C12H14N2O5S. The normalized spacial score (nSPS) is 14.3. The van der Waals surface area contributed by atoms with Gasteiger partial charge < -0.3 is 14.6 Å². The van der Waals surface area contributed by atoms with Crippen LogP contribution in [0.1, 0.15) is 25.0 Å². The molecular weight excluding hydrogens is 284 g/mol. The van der Waals surface area contributed by atoms with E-state index in [1.165, 1.54) is 19.2 Å². The fraction of sp³-hybridized carbons (Fsp3) is 0.417. The number of aromatic amines is 1. The third-order valence-corrected chi connectivity index (χ3v) is 3.57. The first-order valence-electron chi connectivity index (χ1n) is 5.95. The fourth-order valence-electron chi connectivity index (χ4n) is 1.72. The van der Waals surface area contributed by atoms with Gasteiger partial charge in [-0.1, -0.05) is 11.8 Å². The number of nitrogens with one attached hydrogen (secondary N) is 1. The van der Waals surface area contributed by atoms with Crippen LogP contribution in [0, 0.1) is 0 Å². The molecule has 0 amide bonds. The molecule has 0 aliphatic carbocycles. The summed E-state index contributed by atoms with van der Waals surface area (Å²) in [7, 11) is 0. The lowest BCUT2D eigenvalue weighted by atomic mass is 10.0. The molecule has 2 atom stereocenters. The zero-order valence-corrected chi connectivity index (χ0v) is 11.5. The van der Waals surface area contributed by atoms with Crippen LogP contribution >= 0.6 is 11.8 Å². The van der Waals surface area contributed by atoms with Crippen molar-refractivity contribution in [2.24, 2.45) is 0 Å². The van der Waals surface area contributed by atoms with Gasteiger partial charge in [-0.25, -0.2) is 9.78 Å². The van der Waals surface area contributed by atoms with E-state index >= 15 is 0 Å². The second-order valence-electron chi connectivity index (χ2n) is 4.27. The number of fused-ring (bicyclic) bond motifs is 1. The van der Waals surface area contributed by atoms with E-state index in [4.69, 9.17) is 4.42 Å². The minimum Gasteiger partial charge on any atom is -0.406 e. The summed E-state index contributed by atoms with van der Waals surface area (Å²) < 4.78 is 4.84. The Morgan fingerprint density at radius 3 is 3.00 bits per heavy atom. The van der Waals surface area contributed by atoms with E-state index in [1.54, 1.807) is 0 Å². The van der Waals surface area contributed by atoms with Gasteiger partial charge in [0.05, 0.1) is 6.10 Å². The van der Waals surface area contributed by atoms with Crippen molar-refractivity contribution in [2.75, 3.05) is 5.75 Å². The molecule has 2 heterocycles. The number of carbonyl (C=O) groups is 1. The van der Waals surface area contributed by atoms with E-state index in [0.29, 0.717) is 11.3 Å². The summed E-state index contributed by atoms with van der Waals surface area (Å²) in [6, 6.07) is 1.45. The molecule has 0 aliphatic heterocycles. The smallest absolute Gasteiger partial charge is 0.406 e. The maximum atomic E-state index is 11.0. The van der Waals surface area contributed by atoms with Crippen LogP contribution in [-0.2, 0) is 4.79 Å². The van der Waals surface area contributed by atoms with Gasteiger partial charge in [-0.2, -0.15) is 0 Å². The van der Waals surface area contributed by atoms with Gasteiger partial charge in [0.25, 0.3) is 0 Å². The largest absolute Gasteiger partial charge is 0.418 e. The van der Waals surface area contributed by atoms with E-state index in [9.17, 15) is 19.8 Å². The van der Waals surface area contributed by atoms with Crippen molar-refractivity contribution < 1.29 is 19.4 Å². The van der Waals surface area contributed by atoms with Crippen LogP contribution in [0.2, 0.25) is 0 Å². The highest BCUT2D eigenvalue weighted by Crippen LogP contribution is 2.22. The molecule has 0 fully saturated rings. The number of aliphatic hydroxyl groups excluding tert-OH is 2. The number of aromatic nitrogens is 2. The maximum Gasteiger partial charge on any atom is 0.418 e. The maximum absolute atomic E-state index is 11.0. The number of aliphatic hydroxyl groups is 2. The predicted octanol–water partition coefficient (Wildman–Crippen LogP) is 0.580. The second-order valence-corrected chi connectivity index (χ2v) is 5.54. The molecule has 20 heavy (non-hydrogen) atoms. The molecule has 0 spiro atoms. The minimum absolute atomic E-state index is 0.0381. The second kappa shape index (κ2) is 6.21. The summed E-state index contributed by atoms with van der Waals surface area (Å²) in [4.78, 5) is 28.1. The van der Waals surface area contributed by atoms with Gasteiger partial charge in [-0.05, 0) is 12.5 Å². The Labute approximate surface area is 118 Å². The Hall–Kier alpha value is -1.64. The third-order valence-electron chi connectivity index (χ3n) is 2.72. The molecule has 2 unspecified atom stereocenters. The average molecular weight is 298 g/mol. The summed E-state index contributed by atoms with van der Waals surface area (Å²) in [5.41, 5.74) is 0.852. The van der Waals surface area contributed by atoms with E-state index in [-0.39, 0.29) is 22.8 Å². The molecule has 0 radical (unpaired) electrons. The number of pyridine rings is 1. The van der Waals surface area contributed by atoms with E-state index in [2.05, 4.69) is 9.97 Å². The summed E-state index contributed by atoms with van der Waals surface area (Å²) in [6.07, 6.45) is -0.549. The van der Waals surface area contributed by atoms with Crippen LogP contribution in [0.5, 0.6) is 0 Å². The average Bonchev–Trinajstić information content (AvgIpc) is 2.76. The molecule has 2 rings (SSSR count). The van der Waals surface area contributed by atoms with Gasteiger partial charge in [0, 0.05) is 24.4 Å². The number of hydrogen-bond acceptors (Lipinski definition) is 7. The number of rotatable bonds is 5. The standard InChI is InChI=1S/C12H14N2O5S/c1-6(15)20-3-2-8(16)10(17)7-4-9-11(13-5-7)14-12(18)19-9/h4-5,8,10,16-17H,2-3H2,1H3,(H,13,14,18). The van der Waals surface area contributed by atoms with Crippen molar-refractivity contribution in [3.8, 4) is 0 Å². The molecule has 3 N–H and O–H groups in total. The zero-order chi connectivity index (χ0) is 14.7. The molecule has 0 aromatic carbocycles. The highest BCUT2D eigenvalue weighted by atomic mass is 32.2. The highest BCUT2D eigenvalue weighted by Gasteiger charge is 2.20. The Bertz CT molecular complexity index is 665. The van der Waals surface area contributed by atoms with Crippen molar-refractivity contribution in [1.29, 1.82) is 0 Å². The van der Waals surface area contributed by atoms with Gasteiger partial charge in [0.15, 0.2) is 16.3 Å². The van der Waals surface area contributed by atoms with Crippen LogP contribution in [0.25, 0.3) is 11.2 Å². The Kier molecular flexibility index (Phi) is 4.58. The molecule has 7 nitrogen and oxygen atoms in total. The number of hydrogen-bond donors (Lipinski definition) is 3. The quantitative estimate of drug-likeness (QED) is 0.739. The van der Waals surface area contributed by atoms with Crippen molar-refractivity contribution in [3.05, 3.63) is 28.4 Å². The first-order valence-corrected chi connectivity index (χ1v) is 6.94. The minimum atomic E-state index is -1.15. The van der Waals surface area contributed by atoms with Crippen LogP contribution in [-0.4, -0.2) is 37.2 Å². The summed E-state index contributed by atoms with van der Waals surface area (Å²) in [5, 5.41) is 19.8. The molecule has 108 valence electrons. The monoisotopic (exact) mass is 298 g/mol. The lowest BCUT2D eigenvalue weighted by Gasteiger charge is -2.17. The van der Waals surface area contributed by atoms with Crippen molar-refractivity contribution >= 4 is 28.1 Å². The lowest BCUT2D eigenvalue weighted by Crippen LogP contribution is -2.19. The van der Waals surface area contributed by atoms with E-state index in [1.807, 2.05) is 0 Å². The summed E-state index contributed by atoms with van der Waals surface area (Å²) in [5.74, 6) is -0.208. The number of carbonyl (C=O) groups excluding carboxylic acids is 1. The molecule has 0 aliphatic rings.